The van der Waals surface area contributed by atoms with E-state index in [2.05, 4.69) is 15.4 Å². The molecule has 0 atom stereocenters. The molecule has 1 aromatic carbocycles. The molecule has 2 heterocycles. The first kappa shape index (κ1) is 17.8. The summed E-state index contributed by atoms with van der Waals surface area (Å²) in [5.41, 5.74) is 1.82. The molecule has 2 aromatic heterocycles. The second-order valence-corrected chi connectivity index (χ2v) is 6.08. The Kier molecular flexibility index (Phi) is 5.14. The highest BCUT2D eigenvalue weighted by atomic mass is 35.5. The normalized spacial score (nSPS) is 10.6. The Morgan fingerprint density at radius 1 is 1.23 bits per heavy atom. The number of pyridine rings is 1. The van der Waals surface area contributed by atoms with Gasteiger partial charge in [-0.2, -0.15) is 5.10 Å². The SMILES string of the molecule is CCn1nc(-c2ccncc2)c(C(C)=O)c(Nc2cccc(Cl)c2)c1=O. The Bertz CT molecular complexity index is 1020. The lowest BCUT2D eigenvalue weighted by Crippen LogP contribution is -2.28. The number of hydrogen-bond acceptors (Lipinski definition) is 5. The van der Waals surface area contributed by atoms with Crippen LogP contribution in [0.5, 0.6) is 0 Å². The first-order valence-electron chi connectivity index (χ1n) is 8.10. The van der Waals surface area contributed by atoms with Gasteiger partial charge in [0.25, 0.3) is 5.56 Å². The summed E-state index contributed by atoms with van der Waals surface area (Å²) in [5, 5.41) is 7.97. The number of benzene rings is 1. The predicted molar refractivity (Wildman–Crippen MR) is 102 cm³/mol. The van der Waals surface area contributed by atoms with Crippen LogP contribution in [0.2, 0.25) is 5.02 Å². The third-order valence-electron chi connectivity index (χ3n) is 3.86. The summed E-state index contributed by atoms with van der Waals surface area (Å²) in [6, 6.07) is 10.5. The van der Waals surface area contributed by atoms with Gasteiger partial charge in [0.1, 0.15) is 11.4 Å². The number of carbonyl (C=O) groups excluding carboxylic acids is 1. The second-order valence-electron chi connectivity index (χ2n) is 5.65. The van der Waals surface area contributed by atoms with Crippen LogP contribution in [-0.4, -0.2) is 20.5 Å². The lowest BCUT2D eigenvalue weighted by molar-refractivity contribution is 0.101. The number of aromatic nitrogens is 3. The number of Topliss-reactive ketones (excluding diaryl/α,β-unsaturated/α-hetero) is 1. The molecule has 0 aliphatic carbocycles. The van der Waals surface area contributed by atoms with E-state index in [0.717, 1.165) is 0 Å². The number of hydrogen-bond donors (Lipinski definition) is 1. The van der Waals surface area contributed by atoms with Gasteiger partial charge in [-0.15, -0.1) is 0 Å². The van der Waals surface area contributed by atoms with Crippen LogP contribution in [-0.2, 0) is 6.54 Å². The molecule has 0 spiro atoms. The molecule has 0 radical (unpaired) electrons. The zero-order valence-electron chi connectivity index (χ0n) is 14.4. The number of nitrogens with zero attached hydrogens (tertiary/aromatic N) is 3. The molecule has 0 bridgehead atoms. The van der Waals surface area contributed by atoms with Gasteiger partial charge in [0, 0.05) is 35.2 Å². The van der Waals surface area contributed by atoms with Crippen LogP contribution in [0.4, 0.5) is 11.4 Å². The minimum Gasteiger partial charge on any atom is -0.350 e. The van der Waals surface area contributed by atoms with Crippen molar-refractivity contribution in [3.8, 4) is 11.3 Å². The van der Waals surface area contributed by atoms with E-state index >= 15 is 0 Å². The lowest BCUT2D eigenvalue weighted by Gasteiger charge is -2.16. The Morgan fingerprint density at radius 2 is 1.96 bits per heavy atom. The second kappa shape index (κ2) is 7.49. The maximum absolute atomic E-state index is 12.8. The van der Waals surface area contributed by atoms with Gasteiger partial charge < -0.3 is 5.32 Å². The molecule has 0 fully saturated rings. The van der Waals surface area contributed by atoms with Gasteiger partial charge in [-0.3, -0.25) is 14.6 Å². The molecule has 3 rings (SSSR count). The molecule has 0 amide bonds. The summed E-state index contributed by atoms with van der Waals surface area (Å²) < 4.78 is 1.33. The van der Waals surface area contributed by atoms with E-state index in [4.69, 9.17) is 11.6 Å². The quantitative estimate of drug-likeness (QED) is 0.690. The van der Waals surface area contributed by atoms with Crippen LogP contribution in [0.1, 0.15) is 24.2 Å². The summed E-state index contributed by atoms with van der Waals surface area (Å²) >= 11 is 6.03. The van der Waals surface area contributed by atoms with E-state index in [1.807, 2.05) is 6.92 Å². The third-order valence-corrected chi connectivity index (χ3v) is 4.09. The van der Waals surface area contributed by atoms with E-state index in [0.29, 0.717) is 28.5 Å². The molecule has 1 N–H and O–H groups in total. The third kappa shape index (κ3) is 3.50. The molecular formula is C19H17ClN4O2. The van der Waals surface area contributed by atoms with Crippen molar-refractivity contribution in [3.05, 3.63) is 69.7 Å². The number of halogens is 1. The number of anilines is 2. The Morgan fingerprint density at radius 3 is 2.58 bits per heavy atom. The van der Waals surface area contributed by atoms with Gasteiger partial charge in [-0.25, -0.2) is 4.68 Å². The predicted octanol–water partition coefficient (Wildman–Crippen LogP) is 3.92. The van der Waals surface area contributed by atoms with E-state index < -0.39 is 0 Å². The van der Waals surface area contributed by atoms with Gasteiger partial charge >= 0.3 is 0 Å². The van der Waals surface area contributed by atoms with E-state index in [-0.39, 0.29) is 22.6 Å². The number of aryl methyl sites for hydroxylation is 1. The van der Waals surface area contributed by atoms with Crippen LogP contribution < -0.4 is 10.9 Å². The number of nitrogens with one attached hydrogen (secondary N) is 1. The average Bonchev–Trinajstić information content (AvgIpc) is 2.63. The zero-order chi connectivity index (χ0) is 18.7. The smallest absolute Gasteiger partial charge is 0.291 e. The monoisotopic (exact) mass is 368 g/mol. The average molecular weight is 369 g/mol. The van der Waals surface area contributed by atoms with Crippen molar-refractivity contribution in [2.75, 3.05) is 5.32 Å². The van der Waals surface area contributed by atoms with Crippen molar-refractivity contribution in [2.45, 2.75) is 20.4 Å². The van der Waals surface area contributed by atoms with Crippen molar-refractivity contribution in [1.29, 1.82) is 0 Å². The van der Waals surface area contributed by atoms with Crippen molar-refractivity contribution in [1.82, 2.24) is 14.8 Å². The maximum Gasteiger partial charge on any atom is 0.291 e. The lowest BCUT2D eigenvalue weighted by atomic mass is 10.0. The van der Waals surface area contributed by atoms with E-state index in [1.54, 1.807) is 48.8 Å². The van der Waals surface area contributed by atoms with Crippen LogP contribution >= 0.6 is 11.6 Å². The highest BCUT2D eigenvalue weighted by Crippen LogP contribution is 2.28. The summed E-state index contributed by atoms with van der Waals surface area (Å²) in [4.78, 5) is 29.2. The molecular weight excluding hydrogens is 352 g/mol. The molecule has 0 aliphatic rings. The van der Waals surface area contributed by atoms with Crippen molar-refractivity contribution >= 4 is 28.8 Å². The summed E-state index contributed by atoms with van der Waals surface area (Å²) in [6.07, 6.45) is 3.23. The fourth-order valence-electron chi connectivity index (χ4n) is 2.67. The fourth-order valence-corrected chi connectivity index (χ4v) is 2.86. The first-order chi connectivity index (χ1) is 12.5. The van der Waals surface area contributed by atoms with Crippen molar-refractivity contribution in [3.63, 3.8) is 0 Å². The Labute approximate surface area is 155 Å². The molecule has 6 nitrogen and oxygen atoms in total. The van der Waals surface area contributed by atoms with Crippen LogP contribution in [0, 0.1) is 0 Å². The van der Waals surface area contributed by atoms with Crippen LogP contribution in [0.15, 0.2) is 53.6 Å². The summed E-state index contributed by atoms with van der Waals surface area (Å²) in [6.45, 7) is 3.61. The van der Waals surface area contributed by atoms with Gasteiger partial charge in [-0.1, -0.05) is 17.7 Å². The molecule has 0 saturated carbocycles. The molecule has 132 valence electrons. The maximum atomic E-state index is 12.8. The number of rotatable bonds is 5. The van der Waals surface area contributed by atoms with Gasteiger partial charge in [0.2, 0.25) is 0 Å². The standard InChI is InChI=1S/C19H17ClN4O2/c1-3-24-19(26)18(22-15-6-4-5-14(20)11-15)16(12(2)25)17(23-24)13-7-9-21-10-8-13/h4-11,22H,3H2,1-2H3. The summed E-state index contributed by atoms with van der Waals surface area (Å²) in [5.74, 6) is -0.255. The minimum absolute atomic E-state index is 0.184. The van der Waals surface area contributed by atoms with Crippen LogP contribution in [0.3, 0.4) is 0 Å². The van der Waals surface area contributed by atoms with Gasteiger partial charge in [0.05, 0.1) is 5.56 Å². The van der Waals surface area contributed by atoms with Gasteiger partial charge in [0.15, 0.2) is 5.78 Å². The molecule has 0 saturated heterocycles. The minimum atomic E-state index is -0.365. The summed E-state index contributed by atoms with van der Waals surface area (Å²) in [7, 11) is 0. The van der Waals surface area contributed by atoms with Crippen molar-refractivity contribution in [2.24, 2.45) is 0 Å². The zero-order valence-corrected chi connectivity index (χ0v) is 15.1. The molecule has 3 aromatic rings. The largest absolute Gasteiger partial charge is 0.350 e. The first-order valence-corrected chi connectivity index (χ1v) is 8.48. The highest BCUT2D eigenvalue weighted by Gasteiger charge is 2.21. The fraction of sp³-hybridized carbons (Fsp3) is 0.158. The van der Waals surface area contributed by atoms with Crippen molar-refractivity contribution < 1.29 is 4.79 Å². The van der Waals surface area contributed by atoms with E-state index in [1.165, 1.54) is 11.6 Å². The molecule has 26 heavy (non-hydrogen) atoms. The van der Waals surface area contributed by atoms with Gasteiger partial charge in [-0.05, 0) is 44.2 Å². The molecule has 0 aliphatic heterocycles. The number of ketones is 1. The highest BCUT2D eigenvalue weighted by molar-refractivity contribution is 6.30. The Hall–Kier alpha value is -2.99. The molecule has 0 unspecified atom stereocenters. The Balaban J connectivity index is 2.27. The van der Waals surface area contributed by atoms with Crippen LogP contribution in [0.25, 0.3) is 11.3 Å². The number of carbonyl (C=O) groups is 1. The van der Waals surface area contributed by atoms with E-state index in [9.17, 15) is 9.59 Å². The molecule has 7 heteroatoms. The topological polar surface area (TPSA) is 76.9 Å².